The molecule has 0 unspecified atom stereocenters. The van der Waals surface area contributed by atoms with E-state index in [1.807, 2.05) is 18.2 Å². The Bertz CT molecular complexity index is 757. The number of aromatic carboxylic acids is 1. The Morgan fingerprint density at radius 3 is 2.75 bits per heavy atom. The number of fused-ring (bicyclic) bond motifs is 1. The van der Waals surface area contributed by atoms with Crippen LogP contribution in [0.3, 0.4) is 0 Å². The highest BCUT2D eigenvalue weighted by Crippen LogP contribution is 2.44. The molecule has 3 N–H and O–H groups in total. The maximum absolute atomic E-state index is 11.0. The van der Waals surface area contributed by atoms with Gasteiger partial charge in [0.15, 0.2) is 11.5 Å². The van der Waals surface area contributed by atoms with E-state index in [0.29, 0.717) is 36.9 Å². The molecule has 4 rings (SSSR count). The third-order valence-electron chi connectivity index (χ3n) is 6.59. The van der Waals surface area contributed by atoms with E-state index in [1.54, 1.807) is 6.07 Å². The molecule has 152 valence electrons. The number of carboxylic acid groups (broad SMARTS) is 1. The molecule has 2 aliphatic carbocycles. The van der Waals surface area contributed by atoms with Gasteiger partial charge in [-0.1, -0.05) is 25.0 Å². The Hall–Kier alpha value is -2.05. The second kappa shape index (κ2) is 8.13. The van der Waals surface area contributed by atoms with E-state index < -0.39 is 18.2 Å². The highest BCUT2D eigenvalue weighted by atomic mass is 16.5. The molecule has 2 fully saturated rings. The summed E-state index contributed by atoms with van der Waals surface area (Å²) in [6.45, 7) is 0.464. The summed E-state index contributed by atoms with van der Waals surface area (Å²) in [5.41, 5.74) is 0. The molecular formula is C22H28O6. The van der Waals surface area contributed by atoms with Gasteiger partial charge in [-0.15, -0.1) is 0 Å². The number of allylic oxidation sites excluding steroid dienone is 1. The third-order valence-corrected chi connectivity index (χ3v) is 6.59. The van der Waals surface area contributed by atoms with Gasteiger partial charge in [-0.05, 0) is 61.6 Å². The van der Waals surface area contributed by atoms with Crippen LogP contribution in [0.25, 0.3) is 5.76 Å². The van der Waals surface area contributed by atoms with Gasteiger partial charge < -0.3 is 24.5 Å². The van der Waals surface area contributed by atoms with Gasteiger partial charge >= 0.3 is 5.97 Å². The minimum absolute atomic E-state index is 0.00793. The number of ether oxygens (including phenoxy) is 1. The second-order valence-corrected chi connectivity index (χ2v) is 8.31. The lowest BCUT2D eigenvalue weighted by Gasteiger charge is -2.21. The van der Waals surface area contributed by atoms with Crippen molar-refractivity contribution in [3.05, 3.63) is 41.9 Å². The van der Waals surface area contributed by atoms with Gasteiger partial charge in [0.1, 0.15) is 0 Å². The molecule has 5 atom stereocenters. The first-order chi connectivity index (χ1) is 13.5. The van der Waals surface area contributed by atoms with Crippen molar-refractivity contribution >= 4 is 11.7 Å². The topological polar surface area (TPSA) is 100 Å². The lowest BCUT2D eigenvalue weighted by Crippen LogP contribution is -2.20. The summed E-state index contributed by atoms with van der Waals surface area (Å²) < 4.78 is 11.2. The number of rotatable bonds is 5. The Labute approximate surface area is 164 Å². The van der Waals surface area contributed by atoms with Crippen LogP contribution in [-0.2, 0) is 4.74 Å². The monoisotopic (exact) mass is 388 g/mol. The van der Waals surface area contributed by atoms with Crippen LogP contribution >= 0.6 is 0 Å². The number of carbonyl (C=O) groups is 1. The van der Waals surface area contributed by atoms with Crippen molar-refractivity contribution in [2.75, 3.05) is 6.61 Å². The maximum Gasteiger partial charge on any atom is 0.371 e. The molecule has 0 amide bonds. The van der Waals surface area contributed by atoms with Gasteiger partial charge in [0.2, 0.25) is 5.76 Å². The van der Waals surface area contributed by atoms with E-state index in [1.165, 1.54) is 18.9 Å². The first kappa shape index (κ1) is 19.3. The Kier molecular flexibility index (Phi) is 5.60. The number of hydrogen-bond donors (Lipinski definition) is 3. The SMILES string of the molecule is O=C(O)c1ccc(C2=CC[C@H]3[C@@H](CO2)C[C@@H](O)[C@@H]3/C=C/[C@@H](O)C2CCCC2)o1. The summed E-state index contributed by atoms with van der Waals surface area (Å²) in [5.74, 6) is 0.548. The van der Waals surface area contributed by atoms with Crippen molar-refractivity contribution in [3.63, 3.8) is 0 Å². The summed E-state index contributed by atoms with van der Waals surface area (Å²) in [4.78, 5) is 11.0. The van der Waals surface area contributed by atoms with Gasteiger partial charge in [-0.25, -0.2) is 4.79 Å². The van der Waals surface area contributed by atoms with Crippen molar-refractivity contribution in [1.82, 2.24) is 0 Å². The van der Waals surface area contributed by atoms with Gasteiger partial charge in [0, 0.05) is 5.92 Å². The number of aliphatic hydroxyl groups is 2. The van der Waals surface area contributed by atoms with Crippen LogP contribution in [0.1, 0.15) is 54.8 Å². The lowest BCUT2D eigenvalue weighted by molar-refractivity contribution is 0.0660. The Morgan fingerprint density at radius 2 is 2.04 bits per heavy atom. The van der Waals surface area contributed by atoms with Gasteiger partial charge in [-0.2, -0.15) is 0 Å². The molecular weight excluding hydrogens is 360 g/mol. The molecule has 0 bridgehead atoms. The summed E-state index contributed by atoms with van der Waals surface area (Å²) in [6.07, 6.45) is 10.9. The van der Waals surface area contributed by atoms with Crippen molar-refractivity contribution in [3.8, 4) is 0 Å². The first-order valence-corrected chi connectivity index (χ1v) is 10.2. The van der Waals surface area contributed by atoms with E-state index in [9.17, 15) is 15.0 Å². The molecule has 3 aliphatic rings. The van der Waals surface area contributed by atoms with Gasteiger partial charge in [0.05, 0.1) is 18.8 Å². The fourth-order valence-electron chi connectivity index (χ4n) is 5.01. The fourth-order valence-corrected chi connectivity index (χ4v) is 5.01. The number of aliphatic hydroxyl groups excluding tert-OH is 2. The largest absolute Gasteiger partial charge is 0.490 e. The molecule has 1 aromatic rings. The van der Waals surface area contributed by atoms with E-state index in [2.05, 4.69) is 0 Å². The molecule has 0 spiro atoms. The maximum atomic E-state index is 11.0. The normalized spacial score (nSPS) is 32.0. The Morgan fingerprint density at radius 1 is 1.25 bits per heavy atom. The first-order valence-electron chi connectivity index (χ1n) is 10.2. The molecule has 28 heavy (non-hydrogen) atoms. The highest BCUT2D eigenvalue weighted by Gasteiger charge is 2.42. The number of furan rings is 1. The quantitative estimate of drug-likeness (QED) is 0.668. The van der Waals surface area contributed by atoms with E-state index >= 15 is 0 Å². The summed E-state index contributed by atoms with van der Waals surface area (Å²) in [6, 6.07) is 3.04. The average Bonchev–Trinajstić information content (AvgIpc) is 3.39. The van der Waals surface area contributed by atoms with Crippen molar-refractivity contribution in [1.29, 1.82) is 0 Å². The molecule has 1 aliphatic heterocycles. The van der Waals surface area contributed by atoms with E-state index in [-0.39, 0.29) is 23.5 Å². The van der Waals surface area contributed by atoms with E-state index in [4.69, 9.17) is 14.3 Å². The van der Waals surface area contributed by atoms with Crippen molar-refractivity contribution in [2.24, 2.45) is 23.7 Å². The standard InChI is InChI=1S/C22H28O6/c23-17(13-3-1-2-4-13)7-5-16-15-6-8-19(27-12-14(15)11-18(16)24)20-9-10-21(28-20)22(25)26/h5,7-10,13-18,23-24H,1-4,6,11-12H2,(H,25,26)/b7-5+/t14-,15+,16-,17-,18-/m1/s1. The zero-order chi connectivity index (χ0) is 19.7. The van der Waals surface area contributed by atoms with Gasteiger partial charge in [-0.3, -0.25) is 0 Å². The summed E-state index contributed by atoms with van der Waals surface area (Å²) >= 11 is 0. The smallest absolute Gasteiger partial charge is 0.371 e. The minimum Gasteiger partial charge on any atom is -0.490 e. The van der Waals surface area contributed by atoms with Crippen LogP contribution in [0, 0.1) is 23.7 Å². The van der Waals surface area contributed by atoms with Crippen LogP contribution in [0.4, 0.5) is 0 Å². The molecule has 0 radical (unpaired) electrons. The van der Waals surface area contributed by atoms with Crippen LogP contribution in [-0.4, -0.2) is 40.1 Å². The molecule has 0 saturated heterocycles. The lowest BCUT2D eigenvalue weighted by atomic mass is 9.85. The molecule has 2 saturated carbocycles. The average molecular weight is 388 g/mol. The van der Waals surface area contributed by atoms with Gasteiger partial charge in [0.25, 0.3) is 0 Å². The predicted molar refractivity (Wildman–Crippen MR) is 102 cm³/mol. The molecule has 6 heteroatoms. The van der Waals surface area contributed by atoms with Crippen LogP contribution in [0.5, 0.6) is 0 Å². The summed E-state index contributed by atoms with van der Waals surface area (Å²) in [7, 11) is 0. The zero-order valence-corrected chi connectivity index (χ0v) is 15.9. The molecule has 2 heterocycles. The third kappa shape index (κ3) is 3.89. The number of carboxylic acids is 1. The van der Waals surface area contributed by atoms with Crippen molar-refractivity contribution < 1.29 is 29.3 Å². The van der Waals surface area contributed by atoms with Crippen LogP contribution < -0.4 is 0 Å². The number of hydrogen-bond acceptors (Lipinski definition) is 5. The predicted octanol–water partition coefficient (Wildman–Crippen LogP) is 3.46. The summed E-state index contributed by atoms with van der Waals surface area (Å²) in [5, 5.41) is 30.0. The van der Waals surface area contributed by atoms with E-state index in [0.717, 1.165) is 12.8 Å². The zero-order valence-electron chi connectivity index (χ0n) is 15.9. The molecule has 1 aromatic heterocycles. The highest BCUT2D eigenvalue weighted by molar-refractivity contribution is 5.84. The molecule has 0 aromatic carbocycles. The second-order valence-electron chi connectivity index (χ2n) is 8.31. The molecule has 6 nitrogen and oxygen atoms in total. The fraction of sp³-hybridized carbons (Fsp3) is 0.591. The van der Waals surface area contributed by atoms with Crippen LogP contribution in [0.15, 0.2) is 34.8 Å². The van der Waals surface area contributed by atoms with Crippen molar-refractivity contribution in [2.45, 2.75) is 50.7 Å². The Balaban J connectivity index is 1.46. The van der Waals surface area contributed by atoms with Crippen LogP contribution in [0.2, 0.25) is 0 Å². The minimum atomic E-state index is -1.11.